The number of carbonyl (C=O) groups is 1. The minimum absolute atomic E-state index is 0.186. The Labute approximate surface area is 146 Å². The van der Waals surface area contributed by atoms with Gasteiger partial charge in [0.1, 0.15) is 11.3 Å². The molecule has 0 atom stereocenters. The molecular weight excluding hydrogens is 316 g/mol. The molecule has 3 aromatic rings. The van der Waals surface area contributed by atoms with Crippen LogP contribution in [0, 0.1) is 6.92 Å². The fourth-order valence-corrected chi connectivity index (χ4v) is 2.59. The lowest BCUT2D eigenvalue weighted by atomic mass is 10.1. The summed E-state index contributed by atoms with van der Waals surface area (Å²) in [5.74, 6) is 1.06. The number of rotatable bonds is 6. The highest BCUT2D eigenvalue weighted by Crippen LogP contribution is 2.19. The van der Waals surface area contributed by atoms with Gasteiger partial charge in [-0.25, -0.2) is 4.98 Å². The number of methoxy groups -OCH3 is 1. The molecule has 0 spiro atoms. The minimum Gasteiger partial charge on any atom is -0.496 e. The minimum atomic E-state index is -0.186. The number of oxazole rings is 1. The molecule has 1 heterocycles. The summed E-state index contributed by atoms with van der Waals surface area (Å²) in [5.41, 5.74) is 3.71. The number of para-hydroxylation sites is 2. The van der Waals surface area contributed by atoms with E-state index in [1.165, 1.54) is 6.08 Å². The highest BCUT2D eigenvalue weighted by Gasteiger charge is 2.05. The van der Waals surface area contributed by atoms with Crippen molar-refractivity contribution in [3.63, 3.8) is 0 Å². The van der Waals surface area contributed by atoms with Crippen LogP contribution in [-0.2, 0) is 11.2 Å². The Hall–Kier alpha value is -3.08. The van der Waals surface area contributed by atoms with Gasteiger partial charge in [-0.1, -0.05) is 29.8 Å². The fourth-order valence-electron chi connectivity index (χ4n) is 2.59. The first-order chi connectivity index (χ1) is 12.2. The Bertz CT molecular complexity index is 879. The quantitative estimate of drug-likeness (QED) is 0.700. The molecule has 5 nitrogen and oxygen atoms in total. The monoisotopic (exact) mass is 336 g/mol. The van der Waals surface area contributed by atoms with Crippen LogP contribution >= 0.6 is 0 Å². The van der Waals surface area contributed by atoms with Crippen LogP contribution in [0.1, 0.15) is 17.0 Å². The third kappa shape index (κ3) is 4.26. The molecule has 0 saturated heterocycles. The van der Waals surface area contributed by atoms with Crippen LogP contribution in [-0.4, -0.2) is 24.5 Å². The van der Waals surface area contributed by atoms with Crippen LogP contribution in [0.25, 0.3) is 17.2 Å². The number of carbonyl (C=O) groups excluding carboxylic acids is 1. The van der Waals surface area contributed by atoms with Gasteiger partial charge in [-0.2, -0.15) is 0 Å². The molecule has 0 saturated carbocycles. The number of aryl methyl sites for hydroxylation is 1. The number of nitrogens with zero attached hydrogens (tertiary/aromatic N) is 1. The number of benzene rings is 2. The Morgan fingerprint density at radius 3 is 2.92 bits per heavy atom. The lowest BCUT2D eigenvalue weighted by Gasteiger charge is -2.09. The Morgan fingerprint density at radius 1 is 1.28 bits per heavy atom. The second kappa shape index (κ2) is 7.66. The number of hydrogen-bond acceptors (Lipinski definition) is 4. The van der Waals surface area contributed by atoms with E-state index in [4.69, 9.17) is 9.15 Å². The van der Waals surface area contributed by atoms with Crippen LogP contribution < -0.4 is 10.1 Å². The maximum Gasteiger partial charge on any atom is 0.244 e. The molecule has 0 aliphatic rings. The number of hydrogen-bond donors (Lipinski definition) is 1. The summed E-state index contributed by atoms with van der Waals surface area (Å²) in [6.07, 6.45) is 3.70. The van der Waals surface area contributed by atoms with Crippen LogP contribution in [0.4, 0.5) is 0 Å². The summed E-state index contributed by atoms with van der Waals surface area (Å²) in [7, 11) is 1.65. The van der Waals surface area contributed by atoms with E-state index >= 15 is 0 Å². The predicted octanol–water partition coefficient (Wildman–Crippen LogP) is 3.52. The van der Waals surface area contributed by atoms with Gasteiger partial charge in [0.05, 0.1) is 7.11 Å². The van der Waals surface area contributed by atoms with Gasteiger partial charge < -0.3 is 14.5 Å². The average Bonchev–Trinajstić information content (AvgIpc) is 3.03. The van der Waals surface area contributed by atoms with Crippen molar-refractivity contribution >= 4 is 23.1 Å². The first-order valence-electron chi connectivity index (χ1n) is 8.11. The van der Waals surface area contributed by atoms with Crippen molar-refractivity contribution in [3.8, 4) is 5.75 Å². The van der Waals surface area contributed by atoms with Crippen molar-refractivity contribution in [2.75, 3.05) is 13.7 Å². The SMILES string of the molecule is COc1ccc(C)cc1CCNC(=O)/C=C/c1nc2ccccc2o1. The molecule has 0 fully saturated rings. The molecule has 128 valence electrons. The lowest BCUT2D eigenvalue weighted by molar-refractivity contribution is -0.116. The Balaban J connectivity index is 1.55. The molecule has 0 aliphatic carbocycles. The smallest absolute Gasteiger partial charge is 0.244 e. The van der Waals surface area contributed by atoms with E-state index in [1.54, 1.807) is 13.2 Å². The van der Waals surface area contributed by atoms with Crippen LogP contribution in [0.15, 0.2) is 53.0 Å². The molecule has 5 heteroatoms. The number of aromatic nitrogens is 1. The maximum atomic E-state index is 11.9. The number of fused-ring (bicyclic) bond motifs is 1. The van der Waals surface area contributed by atoms with Gasteiger partial charge in [0.2, 0.25) is 11.8 Å². The van der Waals surface area contributed by atoms with E-state index in [-0.39, 0.29) is 5.91 Å². The van der Waals surface area contributed by atoms with Gasteiger partial charge >= 0.3 is 0 Å². The summed E-state index contributed by atoms with van der Waals surface area (Å²) in [4.78, 5) is 16.2. The number of nitrogens with one attached hydrogen (secondary N) is 1. The zero-order valence-corrected chi connectivity index (χ0v) is 14.3. The molecule has 0 bridgehead atoms. The summed E-state index contributed by atoms with van der Waals surface area (Å²) < 4.78 is 10.9. The summed E-state index contributed by atoms with van der Waals surface area (Å²) >= 11 is 0. The van der Waals surface area contributed by atoms with Crippen molar-refractivity contribution < 1.29 is 13.9 Å². The molecule has 1 aromatic heterocycles. The average molecular weight is 336 g/mol. The van der Waals surface area contributed by atoms with Crippen molar-refractivity contribution in [1.82, 2.24) is 10.3 Å². The first kappa shape index (κ1) is 16.8. The van der Waals surface area contributed by atoms with Crippen molar-refractivity contribution in [1.29, 1.82) is 0 Å². The lowest BCUT2D eigenvalue weighted by Crippen LogP contribution is -2.23. The van der Waals surface area contributed by atoms with Gasteiger partial charge in [-0.05, 0) is 37.1 Å². The van der Waals surface area contributed by atoms with E-state index in [0.29, 0.717) is 24.4 Å². The Kier molecular flexibility index (Phi) is 5.14. The predicted molar refractivity (Wildman–Crippen MR) is 97.5 cm³/mol. The summed E-state index contributed by atoms with van der Waals surface area (Å²) in [5, 5.41) is 2.86. The van der Waals surface area contributed by atoms with Crippen molar-refractivity contribution in [2.45, 2.75) is 13.3 Å². The van der Waals surface area contributed by atoms with Crippen LogP contribution in [0.2, 0.25) is 0 Å². The highest BCUT2D eigenvalue weighted by atomic mass is 16.5. The van der Waals surface area contributed by atoms with Crippen LogP contribution in [0.3, 0.4) is 0 Å². The topological polar surface area (TPSA) is 64.4 Å². The molecule has 0 unspecified atom stereocenters. The van der Waals surface area contributed by atoms with Gasteiger partial charge in [-0.3, -0.25) is 4.79 Å². The van der Waals surface area contributed by atoms with Gasteiger partial charge in [-0.15, -0.1) is 0 Å². The molecule has 3 rings (SSSR count). The number of amides is 1. The molecule has 2 aromatic carbocycles. The third-order valence-electron chi connectivity index (χ3n) is 3.82. The van der Waals surface area contributed by atoms with E-state index in [2.05, 4.69) is 16.4 Å². The van der Waals surface area contributed by atoms with Gasteiger partial charge in [0.25, 0.3) is 0 Å². The second-order valence-corrected chi connectivity index (χ2v) is 5.71. The highest BCUT2D eigenvalue weighted by molar-refractivity contribution is 5.91. The molecular formula is C20H20N2O3. The van der Waals surface area contributed by atoms with E-state index in [9.17, 15) is 4.79 Å². The zero-order valence-electron chi connectivity index (χ0n) is 14.3. The second-order valence-electron chi connectivity index (χ2n) is 5.71. The van der Waals surface area contributed by atoms with E-state index < -0.39 is 0 Å². The normalized spacial score (nSPS) is 11.1. The third-order valence-corrected chi connectivity index (χ3v) is 3.82. The van der Waals surface area contributed by atoms with Crippen LogP contribution in [0.5, 0.6) is 5.75 Å². The van der Waals surface area contributed by atoms with E-state index in [1.807, 2.05) is 43.3 Å². The van der Waals surface area contributed by atoms with Gasteiger partial charge in [0.15, 0.2) is 5.58 Å². The Morgan fingerprint density at radius 2 is 2.12 bits per heavy atom. The zero-order chi connectivity index (χ0) is 17.6. The molecule has 25 heavy (non-hydrogen) atoms. The number of ether oxygens (including phenoxy) is 1. The molecule has 1 amide bonds. The summed E-state index contributed by atoms with van der Waals surface area (Å²) in [6, 6.07) is 13.5. The largest absolute Gasteiger partial charge is 0.496 e. The first-order valence-corrected chi connectivity index (χ1v) is 8.11. The summed E-state index contributed by atoms with van der Waals surface area (Å²) in [6.45, 7) is 2.56. The van der Waals surface area contributed by atoms with Gasteiger partial charge in [0, 0.05) is 18.7 Å². The molecule has 0 aliphatic heterocycles. The fraction of sp³-hybridized carbons (Fsp3) is 0.200. The standard InChI is InChI=1S/C20H20N2O3/c1-14-7-8-17(24-2)15(13-14)11-12-21-19(23)9-10-20-22-16-5-3-4-6-18(16)25-20/h3-10,13H,11-12H2,1-2H3,(H,21,23)/b10-9+. The van der Waals surface area contributed by atoms with Crippen molar-refractivity contribution in [2.24, 2.45) is 0 Å². The van der Waals surface area contributed by atoms with Crippen molar-refractivity contribution in [3.05, 3.63) is 65.6 Å². The van der Waals surface area contributed by atoms with E-state index in [0.717, 1.165) is 22.4 Å². The maximum absolute atomic E-state index is 11.9. The molecule has 0 radical (unpaired) electrons. The molecule has 1 N–H and O–H groups in total.